The molecule has 2 aromatic carbocycles. The maximum atomic E-state index is 14.3. The van der Waals surface area contributed by atoms with E-state index in [4.69, 9.17) is 4.74 Å². The summed E-state index contributed by atoms with van der Waals surface area (Å²) in [5, 5.41) is 13.7. The Morgan fingerprint density at radius 2 is 1.84 bits per heavy atom. The molecule has 2 aromatic rings. The van der Waals surface area contributed by atoms with Crippen LogP contribution in [0.3, 0.4) is 0 Å². The normalized spacial score (nSPS) is 30.3. The number of nitrogens with zero attached hydrogens (tertiary/aromatic N) is 1. The molecular formula is C30H36N2O5S. The van der Waals surface area contributed by atoms with E-state index in [9.17, 15) is 19.5 Å². The Morgan fingerprint density at radius 1 is 1.16 bits per heavy atom. The van der Waals surface area contributed by atoms with E-state index < -0.39 is 28.7 Å². The third-order valence-electron chi connectivity index (χ3n) is 8.64. The second-order valence-electron chi connectivity index (χ2n) is 10.8. The van der Waals surface area contributed by atoms with Gasteiger partial charge in [0.25, 0.3) is 0 Å². The zero-order valence-corrected chi connectivity index (χ0v) is 23.2. The van der Waals surface area contributed by atoms with Gasteiger partial charge in [0.2, 0.25) is 11.8 Å². The Hall–Kier alpha value is -2.84. The number of carbonyl (C=O) groups is 3. The van der Waals surface area contributed by atoms with Crippen LogP contribution in [0.2, 0.25) is 0 Å². The molecule has 0 aliphatic carbocycles. The number of aryl methyl sites for hydroxylation is 2. The van der Waals surface area contributed by atoms with Gasteiger partial charge in [-0.1, -0.05) is 55.5 Å². The maximum absolute atomic E-state index is 14.3. The van der Waals surface area contributed by atoms with E-state index in [2.05, 4.69) is 12.2 Å². The number of hydrogen-bond acceptors (Lipinski definition) is 6. The first-order chi connectivity index (χ1) is 18.2. The smallest absolute Gasteiger partial charge is 0.310 e. The number of aliphatic hydroxyl groups excluding tert-OH is 1. The van der Waals surface area contributed by atoms with Gasteiger partial charge in [-0.25, -0.2) is 0 Å². The van der Waals surface area contributed by atoms with Crippen LogP contribution in [0.15, 0.2) is 48.5 Å². The first kappa shape index (κ1) is 26.8. The van der Waals surface area contributed by atoms with Crippen LogP contribution in [0, 0.1) is 31.6 Å². The van der Waals surface area contributed by atoms with Gasteiger partial charge in [-0.05, 0) is 56.2 Å². The van der Waals surface area contributed by atoms with Gasteiger partial charge >= 0.3 is 5.97 Å². The molecule has 0 aromatic heterocycles. The summed E-state index contributed by atoms with van der Waals surface area (Å²) in [6.07, 6.45) is 1.15. The van der Waals surface area contributed by atoms with E-state index in [-0.39, 0.29) is 42.2 Å². The van der Waals surface area contributed by atoms with Crippen molar-refractivity contribution in [3.05, 3.63) is 65.2 Å². The second-order valence-corrected chi connectivity index (χ2v) is 12.4. The number of aliphatic hydroxyl groups is 1. The Kier molecular flexibility index (Phi) is 7.31. The van der Waals surface area contributed by atoms with Crippen molar-refractivity contribution in [2.75, 3.05) is 18.5 Å². The SMILES string of the molecule is CCOC(=O)[C@@H]1[C@@H]2CC(C)C3(S2)C(C(=O)Nc2c(C)cccc2C)N([C@@H](CO)Cc2ccccc2)C(=O)[C@H]13. The molecule has 1 spiro atoms. The largest absolute Gasteiger partial charge is 0.466 e. The van der Waals surface area contributed by atoms with Crippen molar-refractivity contribution in [1.29, 1.82) is 0 Å². The number of carbonyl (C=O) groups excluding carboxylic acids is 3. The molecule has 7 nitrogen and oxygen atoms in total. The van der Waals surface area contributed by atoms with Gasteiger partial charge in [0.1, 0.15) is 6.04 Å². The van der Waals surface area contributed by atoms with Crippen molar-refractivity contribution in [3.63, 3.8) is 0 Å². The summed E-state index contributed by atoms with van der Waals surface area (Å²) < 4.78 is 4.66. The molecule has 0 radical (unpaired) electrons. The standard InChI is InChI=1S/C30H36N2O5S/c1-5-37-29(36)23-22-14-19(4)30(38-22)24(23)28(35)32(21(16-33)15-20-12-7-6-8-13-20)26(30)27(34)31-25-17(2)10-9-11-18(25)3/h6-13,19,21-24,26,33H,5,14-16H2,1-4H3,(H,31,34)/t19?,21-,22+,23-,24+,26?,30?/m1/s1. The van der Waals surface area contributed by atoms with Crippen LogP contribution in [0.25, 0.3) is 0 Å². The van der Waals surface area contributed by atoms with E-state index in [1.807, 2.05) is 62.4 Å². The molecule has 3 aliphatic heterocycles. The first-order valence-electron chi connectivity index (χ1n) is 13.4. The average molecular weight is 537 g/mol. The van der Waals surface area contributed by atoms with Gasteiger partial charge in [-0.3, -0.25) is 14.4 Å². The molecule has 2 amide bonds. The van der Waals surface area contributed by atoms with Crippen molar-refractivity contribution < 1.29 is 24.2 Å². The number of ether oxygens (including phenoxy) is 1. The fourth-order valence-electron chi connectivity index (χ4n) is 7.00. The highest BCUT2D eigenvalue weighted by molar-refractivity contribution is 8.02. The summed E-state index contributed by atoms with van der Waals surface area (Å²) in [7, 11) is 0. The number of fused-ring (bicyclic) bond motifs is 1. The third kappa shape index (κ3) is 4.13. The van der Waals surface area contributed by atoms with E-state index in [1.165, 1.54) is 0 Å². The molecule has 3 unspecified atom stereocenters. The summed E-state index contributed by atoms with van der Waals surface area (Å²) in [6, 6.07) is 14.1. The molecule has 2 N–H and O–H groups in total. The highest BCUT2D eigenvalue weighted by Gasteiger charge is 2.76. The highest BCUT2D eigenvalue weighted by atomic mass is 32.2. The summed E-state index contributed by atoms with van der Waals surface area (Å²) in [6.45, 7) is 7.70. The quantitative estimate of drug-likeness (QED) is 0.499. The number of esters is 1. The van der Waals surface area contributed by atoms with E-state index >= 15 is 0 Å². The minimum Gasteiger partial charge on any atom is -0.466 e. The zero-order valence-electron chi connectivity index (χ0n) is 22.3. The van der Waals surface area contributed by atoms with Gasteiger partial charge < -0.3 is 20.1 Å². The van der Waals surface area contributed by atoms with Crippen LogP contribution in [-0.4, -0.2) is 63.1 Å². The number of nitrogens with one attached hydrogen (secondary N) is 1. The molecule has 3 heterocycles. The number of amides is 2. The molecule has 8 heteroatoms. The minimum absolute atomic E-state index is 0.0342. The van der Waals surface area contributed by atoms with Gasteiger partial charge in [-0.15, -0.1) is 11.8 Å². The molecule has 7 atom stereocenters. The summed E-state index contributed by atoms with van der Waals surface area (Å²) >= 11 is 1.61. The average Bonchev–Trinajstić information content (AvgIpc) is 3.49. The number of hydrogen-bond donors (Lipinski definition) is 2. The first-order valence-corrected chi connectivity index (χ1v) is 14.3. The number of benzene rings is 2. The third-order valence-corrected chi connectivity index (χ3v) is 10.7. The number of para-hydroxylation sites is 1. The van der Waals surface area contributed by atoms with Gasteiger partial charge in [-0.2, -0.15) is 0 Å². The predicted molar refractivity (Wildman–Crippen MR) is 148 cm³/mol. The molecular weight excluding hydrogens is 500 g/mol. The minimum atomic E-state index is -0.829. The topological polar surface area (TPSA) is 95.9 Å². The van der Waals surface area contributed by atoms with Crippen molar-refractivity contribution in [1.82, 2.24) is 4.90 Å². The van der Waals surface area contributed by atoms with E-state index in [1.54, 1.807) is 23.6 Å². The lowest BCUT2D eigenvalue weighted by Crippen LogP contribution is -2.57. The Bertz CT molecular complexity index is 1220. The van der Waals surface area contributed by atoms with E-state index in [0.717, 1.165) is 28.8 Å². The van der Waals surface area contributed by atoms with Gasteiger partial charge in [0, 0.05) is 10.9 Å². The lowest BCUT2D eigenvalue weighted by Gasteiger charge is -2.40. The van der Waals surface area contributed by atoms with Crippen LogP contribution >= 0.6 is 11.8 Å². The molecule has 0 saturated carbocycles. The highest BCUT2D eigenvalue weighted by Crippen LogP contribution is 2.69. The van der Waals surface area contributed by atoms with Crippen LogP contribution in [0.1, 0.15) is 37.0 Å². The fraction of sp³-hybridized carbons (Fsp3) is 0.500. The Balaban J connectivity index is 1.59. The van der Waals surface area contributed by atoms with Crippen molar-refractivity contribution in [3.8, 4) is 0 Å². The maximum Gasteiger partial charge on any atom is 0.310 e. The molecule has 3 aliphatic rings. The number of rotatable bonds is 8. The zero-order chi connectivity index (χ0) is 27.2. The van der Waals surface area contributed by atoms with Gasteiger partial charge in [0.15, 0.2) is 0 Å². The fourth-order valence-corrected chi connectivity index (χ4v) is 9.39. The van der Waals surface area contributed by atoms with E-state index in [0.29, 0.717) is 6.42 Å². The molecule has 5 rings (SSSR count). The van der Waals surface area contributed by atoms with Crippen molar-refractivity contribution in [2.24, 2.45) is 17.8 Å². The number of anilines is 1. The van der Waals surface area contributed by atoms with Crippen LogP contribution in [0.4, 0.5) is 5.69 Å². The summed E-state index contributed by atoms with van der Waals surface area (Å²) in [4.78, 5) is 43.4. The summed E-state index contributed by atoms with van der Waals surface area (Å²) in [5.41, 5.74) is 3.58. The monoisotopic (exact) mass is 536 g/mol. The van der Waals surface area contributed by atoms with Crippen LogP contribution < -0.4 is 5.32 Å². The van der Waals surface area contributed by atoms with Crippen molar-refractivity contribution >= 4 is 35.2 Å². The number of likely N-dealkylation sites (tertiary alicyclic amines) is 1. The summed E-state index contributed by atoms with van der Waals surface area (Å²) in [5.74, 6) is -2.10. The molecule has 202 valence electrons. The lowest BCUT2D eigenvalue weighted by atomic mass is 9.66. The predicted octanol–water partition coefficient (Wildman–Crippen LogP) is 3.75. The number of thioether (sulfide) groups is 1. The van der Waals surface area contributed by atoms with Crippen LogP contribution in [-0.2, 0) is 25.5 Å². The molecule has 2 bridgehead atoms. The molecule has 38 heavy (non-hydrogen) atoms. The lowest BCUT2D eigenvalue weighted by molar-refractivity contribution is -0.154. The Labute approximate surface area is 228 Å². The molecule has 3 fully saturated rings. The molecule has 3 saturated heterocycles. The van der Waals surface area contributed by atoms with Crippen LogP contribution in [0.5, 0.6) is 0 Å². The Morgan fingerprint density at radius 3 is 2.47 bits per heavy atom. The van der Waals surface area contributed by atoms with Crippen molar-refractivity contribution in [2.45, 2.75) is 62.6 Å². The second kappa shape index (κ2) is 10.4. The van der Waals surface area contributed by atoms with Gasteiger partial charge in [0.05, 0.1) is 35.8 Å².